The molecule has 0 aromatic carbocycles. The standard InChI is InChI=1S/C18H30N2O/c1-6-19-16(17(21-5)18(2,3)4)14-11-7-9-13-10-8-12-20-15(13)14/h8,10,12,14,16-17,19H,6-7,9,11H2,1-5H3. The fraction of sp³-hybridized carbons (Fsp3) is 0.722. The predicted molar refractivity (Wildman–Crippen MR) is 87.6 cm³/mol. The molecule has 0 saturated carbocycles. The molecular formula is C18H30N2O. The maximum Gasteiger partial charge on any atom is 0.0778 e. The molecule has 0 aliphatic heterocycles. The molecule has 1 aromatic rings. The highest BCUT2D eigenvalue weighted by molar-refractivity contribution is 5.28. The number of hydrogen-bond donors (Lipinski definition) is 1. The highest BCUT2D eigenvalue weighted by atomic mass is 16.5. The molecule has 1 N–H and O–H groups in total. The lowest BCUT2D eigenvalue weighted by Gasteiger charge is -2.41. The third-order valence-corrected chi connectivity index (χ3v) is 4.55. The quantitative estimate of drug-likeness (QED) is 0.900. The largest absolute Gasteiger partial charge is 0.379 e. The first-order chi connectivity index (χ1) is 9.99. The number of aromatic nitrogens is 1. The lowest BCUT2D eigenvalue weighted by Crippen LogP contribution is -2.51. The normalized spacial score (nSPS) is 21.7. The van der Waals surface area contributed by atoms with E-state index < -0.39 is 0 Å². The van der Waals surface area contributed by atoms with Gasteiger partial charge in [0.05, 0.1) is 6.10 Å². The van der Waals surface area contributed by atoms with Gasteiger partial charge in [-0.15, -0.1) is 0 Å². The number of aryl methyl sites for hydroxylation is 1. The first-order valence-electron chi connectivity index (χ1n) is 8.19. The van der Waals surface area contributed by atoms with E-state index in [1.807, 2.05) is 13.3 Å². The van der Waals surface area contributed by atoms with Crippen LogP contribution in [-0.4, -0.2) is 30.8 Å². The number of hydrogen-bond acceptors (Lipinski definition) is 3. The molecule has 0 amide bonds. The maximum atomic E-state index is 5.91. The molecule has 0 saturated heterocycles. The third-order valence-electron chi connectivity index (χ3n) is 4.55. The maximum absolute atomic E-state index is 5.91. The number of rotatable bonds is 5. The van der Waals surface area contributed by atoms with Crippen molar-refractivity contribution in [3.63, 3.8) is 0 Å². The average molecular weight is 290 g/mol. The zero-order valence-corrected chi connectivity index (χ0v) is 14.1. The average Bonchev–Trinajstić information content (AvgIpc) is 2.45. The van der Waals surface area contributed by atoms with Crippen LogP contribution in [-0.2, 0) is 11.2 Å². The highest BCUT2D eigenvalue weighted by Gasteiger charge is 2.39. The zero-order chi connectivity index (χ0) is 15.5. The van der Waals surface area contributed by atoms with Gasteiger partial charge in [-0.3, -0.25) is 4.98 Å². The number of nitrogens with one attached hydrogen (secondary N) is 1. The zero-order valence-electron chi connectivity index (χ0n) is 14.1. The summed E-state index contributed by atoms with van der Waals surface area (Å²) in [5.74, 6) is 0.444. The van der Waals surface area contributed by atoms with Crippen molar-refractivity contribution in [1.29, 1.82) is 0 Å². The summed E-state index contributed by atoms with van der Waals surface area (Å²) in [6.07, 6.45) is 5.70. The van der Waals surface area contributed by atoms with Crippen molar-refractivity contribution in [1.82, 2.24) is 10.3 Å². The Balaban J connectivity index is 2.35. The lowest BCUT2D eigenvalue weighted by atomic mass is 9.74. The predicted octanol–water partition coefficient (Wildman–Crippen LogP) is 3.54. The number of methoxy groups -OCH3 is 1. The van der Waals surface area contributed by atoms with Gasteiger partial charge in [0.25, 0.3) is 0 Å². The van der Waals surface area contributed by atoms with E-state index in [0.29, 0.717) is 12.0 Å². The second kappa shape index (κ2) is 6.89. The molecule has 1 aliphatic carbocycles. The van der Waals surface area contributed by atoms with Gasteiger partial charge in [0.1, 0.15) is 0 Å². The van der Waals surface area contributed by atoms with Crippen LogP contribution in [0, 0.1) is 5.41 Å². The van der Waals surface area contributed by atoms with Crippen LogP contribution in [0.1, 0.15) is 57.7 Å². The molecule has 2 rings (SSSR count). The molecule has 21 heavy (non-hydrogen) atoms. The van der Waals surface area contributed by atoms with Crippen LogP contribution in [0.2, 0.25) is 0 Å². The van der Waals surface area contributed by atoms with Gasteiger partial charge in [-0.05, 0) is 42.9 Å². The third kappa shape index (κ3) is 3.64. The second-order valence-electron chi connectivity index (χ2n) is 7.15. The van der Waals surface area contributed by atoms with Crippen LogP contribution in [0.3, 0.4) is 0 Å². The molecule has 0 radical (unpaired) electrons. The minimum Gasteiger partial charge on any atom is -0.379 e. The van der Waals surface area contributed by atoms with E-state index in [-0.39, 0.29) is 11.5 Å². The van der Waals surface area contributed by atoms with E-state index in [1.54, 1.807) is 0 Å². The van der Waals surface area contributed by atoms with E-state index in [9.17, 15) is 0 Å². The molecule has 0 spiro atoms. The molecule has 1 aromatic heterocycles. The molecular weight excluding hydrogens is 260 g/mol. The first-order valence-corrected chi connectivity index (χ1v) is 8.19. The van der Waals surface area contributed by atoms with Crippen LogP contribution in [0.15, 0.2) is 18.3 Å². The van der Waals surface area contributed by atoms with E-state index >= 15 is 0 Å². The minimum atomic E-state index is 0.105. The number of pyridine rings is 1. The van der Waals surface area contributed by atoms with Crippen molar-refractivity contribution >= 4 is 0 Å². The molecule has 3 nitrogen and oxygen atoms in total. The number of fused-ring (bicyclic) bond motifs is 1. The molecule has 0 bridgehead atoms. The van der Waals surface area contributed by atoms with E-state index in [0.717, 1.165) is 13.0 Å². The lowest BCUT2D eigenvalue weighted by molar-refractivity contribution is -0.0194. The smallest absolute Gasteiger partial charge is 0.0778 e. The van der Waals surface area contributed by atoms with Crippen molar-refractivity contribution in [3.8, 4) is 0 Å². The van der Waals surface area contributed by atoms with Gasteiger partial charge in [0.2, 0.25) is 0 Å². The van der Waals surface area contributed by atoms with Gasteiger partial charge in [-0.2, -0.15) is 0 Å². The van der Waals surface area contributed by atoms with Crippen LogP contribution >= 0.6 is 0 Å². The molecule has 1 aliphatic rings. The molecule has 118 valence electrons. The SMILES string of the molecule is CCNC(C1CCCc2cccnc21)C(OC)C(C)(C)C. The van der Waals surface area contributed by atoms with Crippen molar-refractivity contribution in [2.75, 3.05) is 13.7 Å². The summed E-state index contributed by atoms with van der Waals surface area (Å²) in [5.41, 5.74) is 2.80. The monoisotopic (exact) mass is 290 g/mol. The Bertz CT molecular complexity index is 453. The molecule has 3 heteroatoms. The van der Waals surface area contributed by atoms with Crippen LogP contribution in [0.4, 0.5) is 0 Å². The Labute approximate surface area is 129 Å². The molecule has 3 unspecified atom stereocenters. The number of ether oxygens (including phenoxy) is 1. The van der Waals surface area contributed by atoms with Crippen LogP contribution in [0.5, 0.6) is 0 Å². The van der Waals surface area contributed by atoms with Gasteiger partial charge in [0, 0.05) is 31.0 Å². The van der Waals surface area contributed by atoms with Gasteiger partial charge in [0.15, 0.2) is 0 Å². The summed E-state index contributed by atoms with van der Waals surface area (Å²) >= 11 is 0. The van der Waals surface area contributed by atoms with Crippen molar-refractivity contribution < 1.29 is 4.74 Å². The summed E-state index contributed by atoms with van der Waals surface area (Å²) in [6.45, 7) is 9.90. The van der Waals surface area contributed by atoms with Gasteiger partial charge in [-0.25, -0.2) is 0 Å². The Morgan fingerprint density at radius 1 is 1.43 bits per heavy atom. The first kappa shape index (κ1) is 16.4. The van der Waals surface area contributed by atoms with E-state index in [2.05, 4.69) is 45.1 Å². The van der Waals surface area contributed by atoms with E-state index in [4.69, 9.17) is 9.72 Å². The Hall–Kier alpha value is -0.930. The fourth-order valence-corrected chi connectivity index (χ4v) is 3.73. The summed E-state index contributed by atoms with van der Waals surface area (Å²) in [5, 5.41) is 3.69. The van der Waals surface area contributed by atoms with Gasteiger partial charge < -0.3 is 10.1 Å². The summed E-state index contributed by atoms with van der Waals surface area (Å²) in [6, 6.07) is 4.60. The fourth-order valence-electron chi connectivity index (χ4n) is 3.73. The second-order valence-corrected chi connectivity index (χ2v) is 7.15. The Kier molecular flexibility index (Phi) is 5.39. The van der Waals surface area contributed by atoms with Crippen molar-refractivity contribution in [2.24, 2.45) is 5.41 Å². The van der Waals surface area contributed by atoms with Crippen LogP contribution in [0.25, 0.3) is 0 Å². The number of likely N-dealkylation sites (N-methyl/N-ethyl adjacent to an activating group) is 1. The minimum absolute atomic E-state index is 0.105. The summed E-state index contributed by atoms with van der Waals surface area (Å²) < 4.78 is 5.91. The summed E-state index contributed by atoms with van der Waals surface area (Å²) in [7, 11) is 1.84. The van der Waals surface area contributed by atoms with Crippen molar-refractivity contribution in [3.05, 3.63) is 29.6 Å². The van der Waals surface area contributed by atoms with Crippen molar-refractivity contribution in [2.45, 2.75) is 65.0 Å². The van der Waals surface area contributed by atoms with Gasteiger partial charge in [-0.1, -0.05) is 33.8 Å². The molecule has 0 fully saturated rings. The molecule has 1 heterocycles. The Morgan fingerprint density at radius 3 is 2.81 bits per heavy atom. The van der Waals surface area contributed by atoms with Gasteiger partial charge >= 0.3 is 0 Å². The van der Waals surface area contributed by atoms with E-state index in [1.165, 1.54) is 24.1 Å². The molecule has 3 atom stereocenters. The number of nitrogens with zero attached hydrogens (tertiary/aromatic N) is 1. The Morgan fingerprint density at radius 2 is 2.19 bits per heavy atom. The topological polar surface area (TPSA) is 34.2 Å². The van der Waals surface area contributed by atoms with Crippen LogP contribution < -0.4 is 5.32 Å². The highest BCUT2D eigenvalue weighted by Crippen LogP contribution is 2.37. The summed E-state index contributed by atoms with van der Waals surface area (Å²) in [4.78, 5) is 4.71.